The minimum absolute atomic E-state index is 0.144. The molecule has 1 aromatic heterocycles. The van der Waals surface area contributed by atoms with Gasteiger partial charge in [-0.2, -0.15) is 4.98 Å². The van der Waals surface area contributed by atoms with Crippen molar-refractivity contribution >= 4 is 23.1 Å². The van der Waals surface area contributed by atoms with Crippen molar-refractivity contribution < 1.29 is 14.3 Å². The lowest BCUT2D eigenvalue weighted by atomic mass is 10.1. The number of oxazole rings is 1. The third-order valence-electron chi connectivity index (χ3n) is 2.66. The van der Waals surface area contributed by atoms with E-state index in [1.54, 1.807) is 0 Å². The van der Waals surface area contributed by atoms with Gasteiger partial charge in [0, 0.05) is 13.0 Å². The van der Waals surface area contributed by atoms with Crippen LogP contribution in [0.5, 0.6) is 0 Å². The molecule has 5 nitrogen and oxygen atoms in total. The van der Waals surface area contributed by atoms with E-state index in [1.807, 2.05) is 26.0 Å². The molecule has 0 aliphatic heterocycles. The number of hydrogen-bond donors (Lipinski definition) is 2. The zero-order chi connectivity index (χ0) is 13.1. The first kappa shape index (κ1) is 12.4. The first-order valence-electron chi connectivity index (χ1n) is 5.90. The molecule has 0 saturated heterocycles. The largest absolute Gasteiger partial charge is 0.481 e. The Balaban J connectivity index is 2.06. The quantitative estimate of drug-likeness (QED) is 0.796. The van der Waals surface area contributed by atoms with Crippen LogP contribution in [-0.4, -0.2) is 22.6 Å². The predicted octanol–water partition coefficient (Wildman–Crippen LogP) is 2.72. The van der Waals surface area contributed by atoms with Crippen molar-refractivity contribution in [3.05, 3.63) is 23.3 Å². The number of aryl methyl sites for hydroxylation is 2. The van der Waals surface area contributed by atoms with Gasteiger partial charge >= 0.3 is 5.97 Å². The minimum Gasteiger partial charge on any atom is -0.481 e. The van der Waals surface area contributed by atoms with Crippen LogP contribution >= 0.6 is 0 Å². The van der Waals surface area contributed by atoms with Crippen molar-refractivity contribution in [2.45, 2.75) is 26.7 Å². The van der Waals surface area contributed by atoms with Gasteiger partial charge in [0.1, 0.15) is 5.52 Å². The van der Waals surface area contributed by atoms with Gasteiger partial charge in [0.15, 0.2) is 5.58 Å². The molecule has 0 bridgehead atoms. The van der Waals surface area contributed by atoms with Gasteiger partial charge in [-0.3, -0.25) is 4.79 Å². The van der Waals surface area contributed by atoms with E-state index >= 15 is 0 Å². The zero-order valence-corrected chi connectivity index (χ0v) is 10.5. The number of benzene rings is 1. The molecule has 1 aromatic carbocycles. The summed E-state index contributed by atoms with van der Waals surface area (Å²) >= 11 is 0. The summed E-state index contributed by atoms with van der Waals surface area (Å²) < 4.78 is 5.59. The maximum atomic E-state index is 10.4. The van der Waals surface area contributed by atoms with E-state index in [0.29, 0.717) is 19.0 Å². The molecule has 0 aliphatic rings. The topological polar surface area (TPSA) is 75.4 Å². The Labute approximate surface area is 105 Å². The van der Waals surface area contributed by atoms with Crippen molar-refractivity contribution in [2.24, 2.45) is 0 Å². The lowest BCUT2D eigenvalue weighted by Crippen LogP contribution is -2.04. The summed E-state index contributed by atoms with van der Waals surface area (Å²) in [6.07, 6.45) is 0.692. The summed E-state index contributed by atoms with van der Waals surface area (Å²) in [4.78, 5) is 14.7. The second-order valence-corrected chi connectivity index (χ2v) is 4.37. The molecular weight excluding hydrogens is 232 g/mol. The number of nitrogens with one attached hydrogen (secondary N) is 1. The Bertz CT molecular complexity index is 575. The van der Waals surface area contributed by atoms with E-state index in [4.69, 9.17) is 9.52 Å². The number of fused-ring (bicyclic) bond motifs is 1. The minimum atomic E-state index is -0.791. The lowest BCUT2D eigenvalue weighted by molar-refractivity contribution is -0.137. The van der Waals surface area contributed by atoms with Gasteiger partial charge in [-0.05, 0) is 37.5 Å². The average Bonchev–Trinajstić information content (AvgIpc) is 2.67. The summed E-state index contributed by atoms with van der Waals surface area (Å²) in [5.41, 5.74) is 3.80. The van der Waals surface area contributed by atoms with E-state index in [0.717, 1.165) is 22.2 Å². The van der Waals surface area contributed by atoms with Gasteiger partial charge in [-0.25, -0.2) is 0 Å². The van der Waals surface area contributed by atoms with Crippen LogP contribution in [0.25, 0.3) is 11.1 Å². The highest BCUT2D eigenvalue weighted by Crippen LogP contribution is 2.23. The van der Waals surface area contributed by atoms with Crippen LogP contribution in [-0.2, 0) is 4.79 Å². The molecule has 0 amide bonds. The van der Waals surface area contributed by atoms with Gasteiger partial charge in [0.05, 0.1) is 0 Å². The van der Waals surface area contributed by atoms with Crippen molar-refractivity contribution in [3.8, 4) is 0 Å². The number of carbonyl (C=O) groups is 1. The summed E-state index contributed by atoms with van der Waals surface area (Å²) in [5, 5.41) is 11.5. The van der Waals surface area contributed by atoms with Crippen LogP contribution in [0, 0.1) is 13.8 Å². The van der Waals surface area contributed by atoms with Gasteiger partial charge in [-0.15, -0.1) is 0 Å². The molecule has 2 rings (SSSR count). The van der Waals surface area contributed by atoms with Crippen LogP contribution < -0.4 is 5.32 Å². The van der Waals surface area contributed by atoms with Gasteiger partial charge in [0.25, 0.3) is 6.01 Å². The molecule has 0 aliphatic carbocycles. The Morgan fingerprint density at radius 1 is 1.44 bits per heavy atom. The first-order chi connectivity index (χ1) is 8.56. The smallest absolute Gasteiger partial charge is 0.303 e. The van der Waals surface area contributed by atoms with E-state index in [9.17, 15) is 4.79 Å². The fraction of sp³-hybridized carbons (Fsp3) is 0.385. The van der Waals surface area contributed by atoms with E-state index in [2.05, 4.69) is 10.3 Å². The molecule has 5 heteroatoms. The maximum absolute atomic E-state index is 10.4. The molecule has 0 unspecified atom stereocenters. The molecule has 0 atom stereocenters. The second kappa shape index (κ2) is 5.08. The molecular formula is C13H16N2O3. The van der Waals surface area contributed by atoms with Crippen LogP contribution in [0.4, 0.5) is 6.01 Å². The highest BCUT2D eigenvalue weighted by molar-refractivity contribution is 5.78. The number of carboxylic acids is 1. The molecule has 96 valence electrons. The van der Waals surface area contributed by atoms with Crippen molar-refractivity contribution in [2.75, 3.05) is 11.9 Å². The van der Waals surface area contributed by atoms with E-state index in [1.165, 1.54) is 0 Å². The summed E-state index contributed by atoms with van der Waals surface area (Å²) in [5.74, 6) is -0.791. The van der Waals surface area contributed by atoms with Crippen molar-refractivity contribution in [1.29, 1.82) is 0 Å². The third kappa shape index (κ3) is 2.80. The van der Waals surface area contributed by atoms with Crippen LogP contribution in [0.2, 0.25) is 0 Å². The summed E-state index contributed by atoms with van der Waals surface area (Å²) in [6, 6.07) is 4.46. The first-order valence-corrected chi connectivity index (χ1v) is 5.90. The van der Waals surface area contributed by atoms with Crippen molar-refractivity contribution in [1.82, 2.24) is 4.98 Å². The highest BCUT2D eigenvalue weighted by atomic mass is 16.4. The average molecular weight is 248 g/mol. The Morgan fingerprint density at radius 3 is 2.94 bits per heavy atom. The van der Waals surface area contributed by atoms with Crippen molar-refractivity contribution in [3.63, 3.8) is 0 Å². The predicted molar refractivity (Wildman–Crippen MR) is 68.8 cm³/mol. The maximum Gasteiger partial charge on any atom is 0.303 e. The SMILES string of the molecule is Cc1cc(C)c2oc(NCCCC(=O)O)nc2c1. The van der Waals surface area contributed by atoms with Crippen LogP contribution in [0.3, 0.4) is 0 Å². The molecule has 1 heterocycles. The molecule has 0 saturated carbocycles. The zero-order valence-electron chi connectivity index (χ0n) is 10.5. The molecule has 18 heavy (non-hydrogen) atoms. The van der Waals surface area contributed by atoms with Gasteiger partial charge < -0.3 is 14.8 Å². The molecule has 0 radical (unpaired) electrons. The fourth-order valence-electron chi connectivity index (χ4n) is 1.89. The molecule has 0 fully saturated rings. The Kier molecular flexibility index (Phi) is 3.50. The Hall–Kier alpha value is -2.04. The molecule has 2 N–H and O–H groups in total. The number of anilines is 1. The monoisotopic (exact) mass is 248 g/mol. The standard InChI is InChI=1S/C13H16N2O3/c1-8-6-9(2)12-10(7-8)15-13(18-12)14-5-3-4-11(16)17/h6-7H,3-5H2,1-2H3,(H,14,15)(H,16,17). The number of carboxylic acid groups (broad SMARTS) is 1. The van der Waals surface area contributed by atoms with E-state index in [-0.39, 0.29) is 6.42 Å². The summed E-state index contributed by atoms with van der Waals surface area (Å²) in [7, 11) is 0. The number of aliphatic carboxylic acids is 1. The molecule has 0 spiro atoms. The van der Waals surface area contributed by atoms with E-state index < -0.39 is 5.97 Å². The number of aromatic nitrogens is 1. The number of rotatable bonds is 5. The highest BCUT2D eigenvalue weighted by Gasteiger charge is 2.08. The fourth-order valence-corrected chi connectivity index (χ4v) is 1.89. The number of hydrogen-bond acceptors (Lipinski definition) is 4. The van der Waals surface area contributed by atoms with Crippen LogP contribution in [0.1, 0.15) is 24.0 Å². The Morgan fingerprint density at radius 2 is 2.22 bits per heavy atom. The lowest BCUT2D eigenvalue weighted by Gasteiger charge is -1.98. The van der Waals surface area contributed by atoms with Gasteiger partial charge in [0.2, 0.25) is 0 Å². The van der Waals surface area contributed by atoms with Gasteiger partial charge in [-0.1, -0.05) is 6.07 Å². The summed E-state index contributed by atoms with van der Waals surface area (Å²) in [6.45, 7) is 4.53. The number of nitrogens with zero attached hydrogens (tertiary/aromatic N) is 1. The normalized spacial score (nSPS) is 10.8. The van der Waals surface area contributed by atoms with Crippen LogP contribution in [0.15, 0.2) is 16.5 Å². The third-order valence-corrected chi connectivity index (χ3v) is 2.66. The molecule has 2 aromatic rings. The second-order valence-electron chi connectivity index (χ2n) is 4.37.